The summed E-state index contributed by atoms with van der Waals surface area (Å²) in [5.74, 6) is 5.88. The van der Waals surface area contributed by atoms with Crippen LogP contribution in [0.25, 0.3) is 0 Å². The molecule has 0 aliphatic carbocycles. The molecule has 29 heavy (non-hydrogen) atoms. The Morgan fingerprint density at radius 1 is 1.03 bits per heavy atom. The minimum Gasteiger partial charge on any atom is -0.396 e. The molecule has 1 atom stereocenters. The van der Waals surface area contributed by atoms with Gasteiger partial charge >= 0.3 is 0 Å². The van der Waals surface area contributed by atoms with E-state index in [9.17, 15) is 10.2 Å². The molecule has 2 aromatic carbocycles. The van der Waals surface area contributed by atoms with Crippen LogP contribution in [0.1, 0.15) is 49.8 Å². The first kappa shape index (κ1) is 21.6. The van der Waals surface area contributed by atoms with Crippen LogP contribution < -0.4 is 0 Å². The van der Waals surface area contributed by atoms with Crippen LogP contribution in [0, 0.1) is 17.3 Å². The molecule has 0 saturated carbocycles. The Labute approximate surface area is 175 Å². The summed E-state index contributed by atoms with van der Waals surface area (Å²) in [6, 6.07) is 18.9. The van der Waals surface area contributed by atoms with Crippen LogP contribution in [0.3, 0.4) is 0 Å². The van der Waals surface area contributed by atoms with E-state index in [0.29, 0.717) is 0 Å². The summed E-state index contributed by atoms with van der Waals surface area (Å²) in [7, 11) is 0. The summed E-state index contributed by atoms with van der Waals surface area (Å²) < 4.78 is 0. The van der Waals surface area contributed by atoms with Crippen molar-refractivity contribution in [1.29, 1.82) is 0 Å². The number of aryl methyl sites for hydroxylation is 1. The molecule has 2 aromatic rings. The van der Waals surface area contributed by atoms with Crippen molar-refractivity contribution in [1.82, 2.24) is 4.90 Å². The van der Waals surface area contributed by atoms with Crippen molar-refractivity contribution in [3.8, 4) is 11.8 Å². The van der Waals surface area contributed by atoms with E-state index in [2.05, 4.69) is 59.2 Å². The van der Waals surface area contributed by atoms with E-state index in [1.165, 1.54) is 11.1 Å². The fourth-order valence-electron chi connectivity index (χ4n) is 4.09. The minimum atomic E-state index is -0.972. The second kappa shape index (κ2) is 9.59. The summed E-state index contributed by atoms with van der Waals surface area (Å²) in [5, 5.41) is 19.9. The maximum atomic E-state index is 10.2. The number of piperidine rings is 1. The number of hydrogen-bond donors (Lipinski definition) is 2. The van der Waals surface area contributed by atoms with Gasteiger partial charge in [0.25, 0.3) is 0 Å². The third-order valence-corrected chi connectivity index (χ3v) is 5.74. The molecule has 1 saturated heterocycles. The van der Waals surface area contributed by atoms with E-state index in [1.54, 1.807) is 13.8 Å². The van der Waals surface area contributed by atoms with Crippen molar-refractivity contribution in [3.05, 3.63) is 71.3 Å². The molecule has 2 N–H and O–H groups in total. The average molecular weight is 392 g/mol. The lowest BCUT2D eigenvalue weighted by molar-refractivity contribution is 0.0224. The average Bonchev–Trinajstić information content (AvgIpc) is 2.72. The Morgan fingerprint density at radius 2 is 1.76 bits per heavy atom. The number of nitrogens with zero attached hydrogens (tertiary/aromatic N) is 1. The van der Waals surface area contributed by atoms with Gasteiger partial charge in [-0.15, -0.1) is 0 Å². The first-order valence-corrected chi connectivity index (χ1v) is 10.6. The standard InChI is InChI=1S/C26H33NO2/c1-25(2,29)16-13-23-9-11-24(12-10-23)19-27-18-6-15-26(20-27,21-28)17-14-22-7-4-3-5-8-22/h3-5,7-12,28-29H,6,14-15,17-21H2,1-2H3/t26-/m0/s1. The number of rotatable bonds is 6. The number of likely N-dealkylation sites (tertiary alicyclic amines) is 1. The lowest BCUT2D eigenvalue weighted by Crippen LogP contribution is -2.45. The van der Waals surface area contributed by atoms with Crippen LogP contribution in [0.5, 0.6) is 0 Å². The maximum Gasteiger partial charge on any atom is 0.120 e. The summed E-state index contributed by atoms with van der Waals surface area (Å²) in [5.41, 5.74) is 2.55. The molecule has 1 aliphatic heterocycles. The van der Waals surface area contributed by atoms with Crippen LogP contribution in [0.4, 0.5) is 0 Å². The van der Waals surface area contributed by atoms with Crippen LogP contribution in [-0.4, -0.2) is 40.4 Å². The van der Waals surface area contributed by atoms with Gasteiger partial charge in [-0.2, -0.15) is 0 Å². The van der Waals surface area contributed by atoms with Crippen LogP contribution in [-0.2, 0) is 13.0 Å². The largest absolute Gasteiger partial charge is 0.396 e. The molecule has 1 aliphatic rings. The molecule has 0 aromatic heterocycles. The van der Waals surface area contributed by atoms with Crippen molar-refractivity contribution in [3.63, 3.8) is 0 Å². The first-order chi connectivity index (χ1) is 13.9. The third kappa shape index (κ3) is 6.72. The van der Waals surface area contributed by atoms with E-state index < -0.39 is 5.60 Å². The molecule has 0 radical (unpaired) electrons. The zero-order chi connectivity index (χ0) is 20.7. The van der Waals surface area contributed by atoms with Gasteiger partial charge in [-0.25, -0.2) is 0 Å². The number of aliphatic hydroxyl groups is 2. The molecule has 3 nitrogen and oxygen atoms in total. The first-order valence-electron chi connectivity index (χ1n) is 10.6. The Bertz CT molecular complexity index is 827. The highest BCUT2D eigenvalue weighted by Gasteiger charge is 2.34. The smallest absolute Gasteiger partial charge is 0.120 e. The molecular formula is C26H33NO2. The quantitative estimate of drug-likeness (QED) is 0.731. The van der Waals surface area contributed by atoms with Crippen molar-refractivity contribution in [2.24, 2.45) is 5.41 Å². The van der Waals surface area contributed by atoms with Gasteiger partial charge in [0.15, 0.2) is 0 Å². The number of aliphatic hydroxyl groups excluding tert-OH is 1. The molecule has 0 bridgehead atoms. The zero-order valence-electron chi connectivity index (χ0n) is 17.7. The van der Waals surface area contributed by atoms with Gasteiger partial charge < -0.3 is 10.2 Å². The molecule has 3 rings (SSSR count). The van der Waals surface area contributed by atoms with E-state index in [0.717, 1.165) is 50.9 Å². The summed E-state index contributed by atoms with van der Waals surface area (Å²) in [4.78, 5) is 2.47. The Hall–Kier alpha value is -2.12. The van der Waals surface area contributed by atoms with Gasteiger partial charge in [-0.3, -0.25) is 4.90 Å². The van der Waals surface area contributed by atoms with Gasteiger partial charge in [0.05, 0.1) is 0 Å². The highest BCUT2D eigenvalue weighted by Crippen LogP contribution is 2.35. The SMILES string of the molecule is CC(C)(O)C#Cc1ccc(CN2CCC[C@](CO)(CCc3ccccc3)C2)cc1. The molecule has 0 spiro atoms. The Morgan fingerprint density at radius 3 is 2.41 bits per heavy atom. The van der Waals surface area contributed by atoms with Gasteiger partial charge in [-0.05, 0) is 69.3 Å². The molecule has 1 fully saturated rings. The fraction of sp³-hybridized carbons (Fsp3) is 0.462. The monoisotopic (exact) mass is 391 g/mol. The topological polar surface area (TPSA) is 43.7 Å². The molecule has 0 unspecified atom stereocenters. The predicted molar refractivity (Wildman–Crippen MR) is 118 cm³/mol. The highest BCUT2D eigenvalue weighted by atomic mass is 16.3. The molecule has 3 heteroatoms. The molecule has 154 valence electrons. The predicted octanol–water partition coefficient (Wildman–Crippen LogP) is 4.02. The maximum absolute atomic E-state index is 10.2. The fourth-order valence-corrected chi connectivity index (χ4v) is 4.09. The second-order valence-electron chi connectivity index (χ2n) is 8.96. The number of benzene rings is 2. The molecule has 1 heterocycles. The molecular weight excluding hydrogens is 358 g/mol. The van der Waals surface area contributed by atoms with Crippen LogP contribution >= 0.6 is 0 Å². The summed E-state index contributed by atoms with van der Waals surface area (Å²) >= 11 is 0. The van der Waals surface area contributed by atoms with E-state index >= 15 is 0 Å². The van der Waals surface area contributed by atoms with Crippen molar-refractivity contribution in [2.45, 2.75) is 51.7 Å². The molecule has 0 amide bonds. The van der Waals surface area contributed by atoms with Crippen molar-refractivity contribution < 1.29 is 10.2 Å². The zero-order valence-corrected chi connectivity index (χ0v) is 17.7. The van der Waals surface area contributed by atoms with Crippen LogP contribution in [0.2, 0.25) is 0 Å². The van der Waals surface area contributed by atoms with E-state index in [-0.39, 0.29) is 12.0 Å². The van der Waals surface area contributed by atoms with Crippen LogP contribution in [0.15, 0.2) is 54.6 Å². The van der Waals surface area contributed by atoms with Gasteiger partial charge in [0.1, 0.15) is 5.60 Å². The van der Waals surface area contributed by atoms with Crippen molar-refractivity contribution >= 4 is 0 Å². The lowest BCUT2D eigenvalue weighted by Gasteiger charge is -2.42. The van der Waals surface area contributed by atoms with Crippen molar-refractivity contribution in [2.75, 3.05) is 19.7 Å². The number of hydrogen-bond acceptors (Lipinski definition) is 3. The van der Waals surface area contributed by atoms with E-state index in [4.69, 9.17) is 0 Å². The minimum absolute atomic E-state index is 0.00772. The second-order valence-corrected chi connectivity index (χ2v) is 8.96. The normalized spacial score (nSPS) is 20.1. The summed E-state index contributed by atoms with van der Waals surface area (Å²) in [6.07, 6.45) is 4.27. The van der Waals surface area contributed by atoms with E-state index in [1.807, 2.05) is 12.1 Å². The highest BCUT2D eigenvalue weighted by molar-refractivity contribution is 5.37. The van der Waals surface area contributed by atoms with Gasteiger partial charge in [0.2, 0.25) is 0 Å². The van der Waals surface area contributed by atoms with Gasteiger partial charge in [-0.1, -0.05) is 54.3 Å². The summed E-state index contributed by atoms with van der Waals surface area (Å²) in [6.45, 7) is 6.55. The Kier molecular flexibility index (Phi) is 7.14. The Balaban J connectivity index is 1.60. The lowest BCUT2D eigenvalue weighted by atomic mass is 9.76. The third-order valence-electron chi connectivity index (χ3n) is 5.74. The van der Waals surface area contributed by atoms with Gasteiger partial charge in [0, 0.05) is 30.7 Å².